The molecule has 1 atom stereocenters. The minimum atomic E-state index is -1.24. The fraction of sp³-hybridized carbons (Fsp3) is 0.217. The predicted octanol–water partition coefficient (Wildman–Crippen LogP) is 3.17. The Morgan fingerprint density at radius 2 is 2.03 bits per heavy atom. The Bertz CT molecular complexity index is 1150. The molecule has 1 N–H and O–H groups in total. The highest BCUT2D eigenvalue weighted by Crippen LogP contribution is 2.41. The number of aromatic nitrogens is 2. The summed E-state index contributed by atoms with van der Waals surface area (Å²) >= 11 is 0. The van der Waals surface area contributed by atoms with E-state index in [1.807, 2.05) is 0 Å². The molecule has 3 heterocycles. The van der Waals surface area contributed by atoms with Crippen LogP contribution in [0.15, 0.2) is 54.9 Å². The standard InChI is InChI=1S/C23H20FN3O4/c1-14-5-7-16(17(24)12-14)23(9-11-31-19-4-3-10-25-20(19)23)27-21(28)18-8-6-15(13-26-18)22(29)30-2/h3-8,10,12-13H,9,11H2,1-2H3,(H,27,28)/t23-/m0/s1. The summed E-state index contributed by atoms with van der Waals surface area (Å²) in [6, 6.07) is 11.2. The van der Waals surface area contributed by atoms with E-state index in [1.165, 1.54) is 31.5 Å². The summed E-state index contributed by atoms with van der Waals surface area (Å²) in [6.07, 6.45) is 3.11. The molecular weight excluding hydrogens is 401 g/mol. The molecule has 1 aliphatic heterocycles. The van der Waals surface area contributed by atoms with Gasteiger partial charge in [-0.05, 0) is 42.8 Å². The van der Waals surface area contributed by atoms with Crippen LogP contribution >= 0.6 is 0 Å². The largest absolute Gasteiger partial charge is 0.491 e. The molecule has 7 nitrogen and oxygen atoms in total. The van der Waals surface area contributed by atoms with Crippen molar-refractivity contribution in [2.75, 3.05) is 13.7 Å². The first-order valence-electron chi connectivity index (χ1n) is 9.66. The molecule has 1 amide bonds. The van der Waals surface area contributed by atoms with E-state index in [4.69, 9.17) is 4.74 Å². The van der Waals surface area contributed by atoms with Gasteiger partial charge in [0.1, 0.15) is 28.5 Å². The molecule has 31 heavy (non-hydrogen) atoms. The molecule has 1 aromatic carbocycles. The maximum atomic E-state index is 15.1. The monoisotopic (exact) mass is 421 g/mol. The number of benzene rings is 1. The number of nitrogens with zero attached hydrogens (tertiary/aromatic N) is 2. The zero-order valence-corrected chi connectivity index (χ0v) is 17.0. The number of methoxy groups -OCH3 is 1. The number of aryl methyl sites for hydroxylation is 1. The highest BCUT2D eigenvalue weighted by atomic mass is 19.1. The predicted molar refractivity (Wildman–Crippen MR) is 109 cm³/mol. The van der Waals surface area contributed by atoms with Gasteiger partial charge in [-0.25, -0.2) is 9.18 Å². The molecule has 0 bridgehead atoms. The molecule has 0 radical (unpaired) electrons. The minimum Gasteiger partial charge on any atom is -0.491 e. The number of fused-ring (bicyclic) bond motifs is 1. The Hall–Kier alpha value is -3.81. The van der Waals surface area contributed by atoms with Crippen molar-refractivity contribution >= 4 is 11.9 Å². The van der Waals surface area contributed by atoms with Gasteiger partial charge in [0.2, 0.25) is 0 Å². The van der Waals surface area contributed by atoms with Gasteiger partial charge in [-0.2, -0.15) is 0 Å². The quantitative estimate of drug-likeness (QED) is 0.651. The van der Waals surface area contributed by atoms with E-state index in [2.05, 4.69) is 20.0 Å². The number of ether oxygens (including phenoxy) is 2. The Balaban J connectivity index is 1.78. The summed E-state index contributed by atoms with van der Waals surface area (Å²) in [7, 11) is 1.26. The third-order valence-electron chi connectivity index (χ3n) is 5.24. The Labute approximate surface area is 178 Å². The van der Waals surface area contributed by atoms with Crippen molar-refractivity contribution in [2.24, 2.45) is 0 Å². The van der Waals surface area contributed by atoms with Crippen LogP contribution in [0.4, 0.5) is 4.39 Å². The van der Waals surface area contributed by atoms with Crippen LogP contribution < -0.4 is 10.1 Å². The average Bonchev–Trinajstić information content (AvgIpc) is 2.78. The lowest BCUT2D eigenvalue weighted by Crippen LogP contribution is -2.51. The number of nitrogens with one attached hydrogen (secondary N) is 1. The van der Waals surface area contributed by atoms with Crippen molar-refractivity contribution in [3.8, 4) is 5.75 Å². The topological polar surface area (TPSA) is 90.4 Å². The highest BCUT2D eigenvalue weighted by molar-refractivity contribution is 5.95. The fourth-order valence-corrected chi connectivity index (χ4v) is 3.70. The number of hydrogen-bond acceptors (Lipinski definition) is 6. The van der Waals surface area contributed by atoms with Crippen LogP contribution in [0.5, 0.6) is 5.75 Å². The number of rotatable bonds is 4. The zero-order chi connectivity index (χ0) is 22.0. The maximum Gasteiger partial charge on any atom is 0.339 e. The summed E-state index contributed by atoms with van der Waals surface area (Å²) < 4.78 is 25.5. The van der Waals surface area contributed by atoms with Crippen LogP contribution in [0, 0.1) is 12.7 Å². The Morgan fingerprint density at radius 1 is 1.19 bits per heavy atom. The van der Waals surface area contributed by atoms with Crippen LogP contribution in [0.3, 0.4) is 0 Å². The third kappa shape index (κ3) is 3.72. The molecule has 0 spiro atoms. The molecule has 1 aliphatic rings. The van der Waals surface area contributed by atoms with Crippen molar-refractivity contribution in [3.05, 3.63) is 88.8 Å². The lowest BCUT2D eigenvalue weighted by atomic mass is 9.80. The van der Waals surface area contributed by atoms with Crippen LogP contribution in [0.2, 0.25) is 0 Å². The van der Waals surface area contributed by atoms with Gasteiger partial charge in [0, 0.05) is 24.4 Å². The number of hydrogen-bond donors (Lipinski definition) is 1. The third-order valence-corrected chi connectivity index (χ3v) is 5.24. The Kier molecular flexibility index (Phi) is 5.37. The van der Waals surface area contributed by atoms with Gasteiger partial charge in [-0.1, -0.05) is 12.1 Å². The van der Waals surface area contributed by atoms with Crippen LogP contribution in [-0.4, -0.2) is 35.6 Å². The first-order valence-corrected chi connectivity index (χ1v) is 9.66. The number of esters is 1. The molecular formula is C23H20FN3O4. The summed E-state index contributed by atoms with van der Waals surface area (Å²) in [5.74, 6) is -1.06. The molecule has 0 fully saturated rings. The number of halogens is 1. The smallest absolute Gasteiger partial charge is 0.339 e. The molecule has 8 heteroatoms. The van der Waals surface area contributed by atoms with E-state index in [9.17, 15) is 9.59 Å². The van der Waals surface area contributed by atoms with Crippen molar-refractivity contribution in [3.63, 3.8) is 0 Å². The maximum absolute atomic E-state index is 15.1. The van der Waals surface area contributed by atoms with E-state index in [0.29, 0.717) is 17.0 Å². The number of pyridine rings is 2. The average molecular weight is 421 g/mol. The van der Waals surface area contributed by atoms with E-state index in [-0.39, 0.29) is 24.3 Å². The molecule has 3 aromatic rings. The van der Waals surface area contributed by atoms with E-state index >= 15 is 4.39 Å². The van der Waals surface area contributed by atoms with E-state index in [0.717, 1.165) is 5.56 Å². The van der Waals surface area contributed by atoms with Crippen molar-refractivity contribution in [1.82, 2.24) is 15.3 Å². The van der Waals surface area contributed by atoms with Gasteiger partial charge >= 0.3 is 5.97 Å². The first kappa shape index (κ1) is 20.5. The second kappa shape index (κ2) is 8.14. The second-order valence-electron chi connectivity index (χ2n) is 7.22. The van der Waals surface area contributed by atoms with Crippen molar-refractivity contribution < 1.29 is 23.5 Å². The molecule has 0 aliphatic carbocycles. The van der Waals surface area contributed by atoms with E-state index < -0.39 is 23.2 Å². The van der Waals surface area contributed by atoms with Gasteiger partial charge in [-0.3, -0.25) is 14.8 Å². The van der Waals surface area contributed by atoms with Gasteiger partial charge in [0.15, 0.2) is 0 Å². The van der Waals surface area contributed by atoms with E-state index in [1.54, 1.807) is 37.4 Å². The SMILES string of the molecule is COC(=O)c1ccc(C(=O)N[C@]2(c3ccc(C)cc3F)CCOc3cccnc32)nc1. The fourth-order valence-electron chi connectivity index (χ4n) is 3.70. The minimum absolute atomic E-state index is 0.0727. The number of amides is 1. The van der Waals surface area contributed by atoms with Crippen molar-refractivity contribution in [2.45, 2.75) is 18.9 Å². The second-order valence-corrected chi connectivity index (χ2v) is 7.22. The normalized spacial score (nSPS) is 17.3. The molecule has 158 valence electrons. The summed E-state index contributed by atoms with van der Waals surface area (Å²) in [5, 5.41) is 2.94. The first-order chi connectivity index (χ1) is 14.9. The van der Waals surface area contributed by atoms with Crippen molar-refractivity contribution in [1.29, 1.82) is 0 Å². The van der Waals surface area contributed by atoms with Gasteiger partial charge in [-0.15, -0.1) is 0 Å². The number of carbonyl (C=O) groups excluding carboxylic acids is 2. The summed E-state index contributed by atoms with van der Waals surface area (Å²) in [5.41, 5.74) is 0.521. The molecule has 0 saturated heterocycles. The Morgan fingerprint density at radius 3 is 2.74 bits per heavy atom. The van der Waals surface area contributed by atoms with Gasteiger partial charge in [0.25, 0.3) is 5.91 Å². The molecule has 0 saturated carbocycles. The molecule has 4 rings (SSSR count). The summed E-state index contributed by atoms with van der Waals surface area (Å²) in [4.78, 5) is 33.3. The van der Waals surface area contributed by atoms with Gasteiger partial charge < -0.3 is 14.8 Å². The lowest BCUT2D eigenvalue weighted by Gasteiger charge is -2.39. The summed E-state index contributed by atoms with van der Waals surface area (Å²) in [6.45, 7) is 2.06. The van der Waals surface area contributed by atoms with Crippen LogP contribution in [0.25, 0.3) is 0 Å². The van der Waals surface area contributed by atoms with Gasteiger partial charge in [0.05, 0.1) is 19.3 Å². The highest BCUT2D eigenvalue weighted by Gasteiger charge is 2.44. The molecule has 2 aromatic heterocycles. The van der Waals surface area contributed by atoms with Crippen LogP contribution in [0.1, 0.15) is 44.1 Å². The lowest BCUT2D eigenvalue weighted by molar-refractivity contribution is 0.0599. The molecule has 0 unspecified atom stereocenters. The van der Waals surface area contributed by atoms with Crippen LogP contribution in [-0.2, 0) is 10.3 Å². The number of carbonyl (C=O) groups is 2. The zero-order valence-electron chi connectivity index (χ0n) is 17.0.